The van der Waals surface area contributed by atoms with E-state index in [1.54, 1.807) is 11.3 Å². The summed E-state index contributed by atoms with van der Waals surface area (Å²) in [5.74, 6) is 0. The van der Waals surface area contributed by atoms with Gasteiger partial charge in [-0.2, -0.15) is 0 Å². The molecule has 0 aliphatic heterocycles. The SMILES string of the molecule is Cc1ccc(NCc2nc3cc(Br)ccc3s2)cc1. The summed E-state index contributed by atoms with van der Waals surface area (Å²) >= 11 is 5.21. The summed E-state index contributed by atoms with van der Waals surface area (Å²) in [6, 6.07) is 14.6. The molecule has 0 atom stereocenters. The number of benzene rings is 2. The maximum absolute atomic E-state index is 4.63. The van der Waals surface area contributed by atoms with Crippen LogP contribution in [-0.4, -0.2) is 4.98 Å². The van der Waals surface area contributed by atoms with E-state index in [0.29, 0.717) is 0 Å². The third kappa shape index (κ3) is 2.96. The van der Waals surface area contributed by atoms with Gasteiger partial charge in [-0.15, -0.1) is 11.3 Å². The monoisotopic (exact) mass is 332 g/mol. The lowest BCUT2D eigenvalue weighted by Crippen LogP contribution is -1.98. The van der Waals surface area contributed by atoms with Crippen molar-refractivity contribution in [3.8, 4) is 0 Å². The second kappa shape index (κ2) is 5.31. The number of hydrogen-bond donors (Lipinski definition) is 1. The fraction of sp³-hybridized carbons (Fsp3) is 0.133. The Labute approximate surface area is 124 Å². The summed E-state index contributed by atoms with van der Waals surface area (Å²) in [7, 11) is 0. The third-order valence-electron chi connectivity index (χ3n) is 2.89. The van der Waals surface area contributed by atoms with Crippen LogP contribution in [0.25, 0.3) is 10.2 Å². The molecule has 0 unspecified atom stereocenters. The minimum absolute atomic E-state index is 0.764. The molecular formula is C15H13BrN2S. The molecule has 96 valence electrons. The second-order valence-corrected chi connectivity index (χ2v) is 6.47. The van der Waals surface area contributed by atoms with Crippen LogP contribution in [0.1, 0.15) is 10.6 Å². The Hall–Kier alpha value is -1.39. The van der Waals surface area contributed by atoms with Gasteiger partial charge < -0.3 is 5.32 Å². The normalized spacial score (nSPS) is 10.8. The van der Waals surface area contributed by atoms with Crippen LogP contribution in [0.2, 0.25) is 0 Å². The molecule has 0 aliphatic carbocycles. The van der Waals surface area contributed by atoms with E-state index in [9.17, 15) is 0 Å². The van der Waals surface area contributed by atoms with Gasteiger partial charge in [0.05, 0.1) is 16.8 Å². The standard InChI is InChI=1S/C15H13BrN2S/c1-10-2-5-12(6-3-10)17-9-15-18-13-8-11(16)4-7-14(13)19-15/h2-8,17H,9H2,1H3. The molecule has 4 heteroatoms. The van der Waals surface area contributed by atoms with Crippen LogP contribution in [-0.2, 0) is 6.54 Å². The zero-order valence-corrected chi connectivity index (χ0v) is 12.9. The Bertz CT molecular complexity index is 704. The van der Waals surface area contributed by atoms with Gasteiger partial charge >= 0.3 is 0 Å². The summed E-state index contributed by atoms with van der Waals surface area (Å²) in [5.41, 5.74) is 3.46. The molecule has 0 bridgehead atoms. The number of aromatic nitrogens is 1. The fourth-order valence-corrected chi connectivity index (χ4v) is 3.11. The predicted molar refractivity (Wildman–Crippen MR) is 85.8 cm³/mol. The van der Waals surface area contributed by atoms with E-state index in [1.807, 2.05) is 0 Å². The Morgan fingerprint density at radius 1 is 1.16 bits per heavy atom. The van der Waals surface area contributed by atoms with Crippen molar-refractivity contribution < 1.29 is 0 Å². The van der Waals surface area contributed by atoms with Crippen LogP contribution in [0.4, 0.5) is 5.69 Å². The Morgan fingerprint density at radius 3 is 2.74 bits per heavy atom. The Kier molecular flexibility index (Phi) is 3.53. The van der Waals surface area contributed by atoms with Gasteiger partial charge in [-0.3, -0.25) is 0 Å². The molecule has 0 spiro atoms. The molecule has 0 saturated carbocycles. The number of aryl methyl sites for hydroxylation is 1. The highest BCUT2D eigenvalue weighted by Gasteiger charge is 2.04. The second-order valence-electron chi connectivity index (χ2n) is 4.44. The van der Waals surface area contributed by atoms with E-state index in [2.05, 4.69) is 75.6 Å². The number of nitrogens with one attached hydrogen (secondary N) is 1. The molecule has 0 amide bonds. The summed E-state index contributed by atoms with van der Waals surface area (Å²) in [4.78, 5) is 4.63. The van der Waals surface area contributed by atoms with E-state index >= 15 is 0 Å². The van der Waals surface area contributed by atoms with Gasteiger partial charge in [0.25, 0.3) is 0 Å². The van der Waals surface area contributed by atoms with Crippen molar-refractivity contribution in [2.75, 3.05) is 5.32 Å². The number of nitrogens with zero attached hydrogens (tertiary/aromatic N) is 1. The van der Waals surface area contributed by atoms with Crippen molar-refractivity contribution in [1.29, 1.82) is 0 Å². The van der Waals surface area contributed by atoms with Gasteiger partial charge in [-0.1, -0.05) is 33.6 Å². The van der Waals surface area contributed by atoms with E-state index in [4.69, 9.17) is 0 Å². The van der Waals surface area contributed by atoms with Crippen molar-refractivity contribution >= 4 is 43.2 Å². The highest BCUT2D eigenvalue weighted by atomic mass is 79.9. The first-order valence-electron chi connectivity index (χ1n) is 6.06. The zero-order chi connectivity index (χ0) is 13.2. The first-order valence-corrected chi connectivity index (χ1v) is 7.67. The van der Waals surface area contributed by atoms with Crippen LogP contribution >= 0.6 is 27.3 Å². The third-order valence-corrected chi connectivity index (χ3v) is 4.42. The van der Waals surface area contributed by atoms with Crippen molar-refractivity contribution in [2.45, 2.75) is 13.5 Å². The summed E-state index contributed by atoms with van der Waals surface area (Å²) in [6.07, 6.45) is 0. The van der Waals surface area contributed by atoms with Gasteiger partial charge in [0.15, 0.2) is 0 Å². The molecular weight excluding hydrogens is 320 g/mol. The quantitative estimate of drug-likeness (QED) is 0.731. The van der Waals surface area contributed by atoms with Crippen molar-refractivity contribution in [2.24, 2.45) is 0 Å². The largest absolute Gasteiger partial charge is 0.379 e. The minimum Gasteiger partial charge on any atom is -0.379 e. The topological polar surface area (TPSA) is 24.9 Å². The van der Waals surface area contributed by atoms with E-state index in [-0.39, 0.29) is 0 Å². The number of fused-ring (bicyclic) bond motifs is 1. The van der Waals surface area contributed by atoms with Gasteiger partial charge in [-0.25, -0.2) is 4.98 Å². The number of halogens is 1. The van der Waals surface area contributed by atoms with Crippen LogP contribution in [0.15, 0.2) is 46.9 Å². The van der Waals surface area contributed by atoms with Gasteiger partial charge in [0.1, 0.15) is 5.01 Å². The van der Waals surface area contributed by atoms with Crippen molar-refractivity contribution in [3.63, 3.8) is 0 Å². The number of thiazole rings is 1. The Morgan fingerprint density at radius 2 is 1.95 bits per heavy atom. The number of rotatable bonds is 3. The molecule has 3 aromatic rings. The molecule has 0 fully saturated rings. The predicted octanol–water partition coefficient (Wildman–Crippen LogP) is 4.98. The molecule has 1 heterocycles. The smallest absolute Gasteiger partial charge is 0.113 e. The van der Waals surface area contributed by atoms with E-state index < -0.39 is 0 Å². The van der Waals surface area contributed by atoms with Crippen LogP contribution in [0.5, 0.6) is 0 Å². The minimum atomic E-state index is 0.764. The summed E-state index contributed by atoms with van der Waals surface area (Å²) in [5, 5.41) is 4.51. The highest BCUT2D eigenvalue weighted by molar-refractivity contribution is 9.10. The zero-order valence-electron chi connectivity index (χ0n) is 10.5. The van der Waals surface area contributed by atoms with Gasteiger partial charge in [0.2, 0.25) is 0 Å². The molecule has 0 radical (unpaired) electrons. The highest BCUT2D eigenvalue weighted by Crippen LogP contribution is 2.25. The molecule has 0 saturated heterocycles. The van der Waals surface area contributed by atoms with Crippen molar-refractivity contribution in [1.82, 2.24) is 4.98 Å². The molecule has 0 aliphatic rings. The first kappa shape index (κ1) is 12.6. The summed E-state index contributed by atoms with van der Waals surface area (Å²) in [6.45, 7) is 2.86. The Balaban J connectivity index is 1.76. The molecule has 1 aromatic heterocycles. The maximum atomic E-state index is 4.63. The lowest BCUT2D eigenvalue weighted by atomic mass is 10.2. The molecule has 2 aromatic carbocycles. The lowest BCUT2D eigenvalue weighted by Gasteiger charge is -2.03. The van der Waals surface area contributed by atoms with Gasteiger partial charge in [-0.05, 0) is 37.3 Å². The summed E-state index contributed by atoms with van der Waals surface area (Å²) < 4.78 is 2.30. The molecule has 19 heavy (non-hydrogen) atoms. The molecule has 1 N–H and O–H groups in total. The first-order chi connectivity index (χ1) is 9.20. The molecule has 2 nitrogen and oxygen atoms in total. The number of hydrogen-bond acceptors (Lipinski definition) is 3. The maximum Gasteiger partial charge on any atom is 0.113 e. The molecule has 3 rings (SSSR count). The lowest BCUT2D eigenvalue weighted by molar-refractivity contribution is 1.12. The number of anilines is 1. The average Bonchev–Trinajstić information content (AvgIpc) is 2.80. The van der Waals surface area contributed by atoms with Gasteiger partial charge in [0, 0.05) is 10.2 Å². The van der Waals surface area contributed by atoms with E-state index in [0.717, 1.165) is 27.2 Å². The van der Waals surface area contributed by atoms with E-state index in [1.165, 1.54) is 10.3 Å². The van der Waals surface area contributed by atoms with Crippen LogP contribution in [0.3, 0.4) is 0 Å². The van der Waals surface area contributed by atoms with Crippen LogP contribution < -0.4 is 5.32 Å². The van der Waals surface area contributed by atoms with Crippen molar-refractivity contribution in [3.05, 3.63) is 57.5 Å². The fourth-order valence-electron chi connectivity index (χ4n) is 1.87. The van der Waals surface area contributed by atoms with Crippen LogP contribution in [0, 0.1) is 6.92 Å². The average molecular weight is 333 g/mol.